The Morgan fingerprint density at radius 3 is 2.00 bits per heavy atom. The standard InChI is InChI=1S/C39H59Cl6NO11SSi/c1-10-59(11-2,12-3)57-30(19-32(48)49)37(8,9)34(50)27(7)33(56-36(52)55-23-39(43,44)45)25(5)15-13-14-24(4)16-17-29(47)26(6)18-28-21-58-31(46-28)20-53-35(51)54-22-38(40,41)42/h16,18,21,25,27,29-30,33,47H,10-15,17,19-20,22-23H2,1-9H3,(H,48,49)/t25-,27+,29-,30-,33-/m0/s1. The molecule has 0 fully saturated rings. The lowest BCUT2D eigenvalue weighted by atomic mass is 9.73. The number of aromatic nitrogens is 1. The normalized spacial score (nSPS) is 15.8. The van der Waals surface area contributed by atoms with Crippen LogP contribution in [0.1, 0.15) is 105 Å². The summed E-state index contributed by atoms with van der Waals surface area (Å²) < 4.78 is 23.6. The number of ketones is 1. The number of halogens is 6. The topological polar surface area (TPSA) is 168 Å². The van der Waals surface area contributed by atoms with Gasteiger partial charge >= 0.3 is 18.3 Å². The van der Waals surface area contributed by atoms with E-state index < -0.39 is 77.0 Å². The molecule has 12 nitrogen and oxygen atoms in total. The summed E-state index contributed by atoms with van der Waals surface area (Å²) in [6.45, 7) is 15.6. The smallest absolute Gasteiger partial charge is 0.481 e. The summed E-state index contributed by atoms with van der Waals surface area (Å²) in [6, 6.07) is 2.31. The number of ether oxygens (including phenoxy) is 4. The number of aliphatic carboxylic acids is 1. The minimum Gasteiger partial charge on any atom is -0.481 e. The molecule has 0 bridgehead atoms. The maximum Gasteiger partial charge on any atom is 0.508 e. The molecule has 1 aromatic heterocycles. The Balaban J connectivity index is 3.04. The lowest BCUT2D eigenvalue weighted by Crippen LogP contribution is -2.51. The van der Waals surface area contributed by atoms with Crippen LogP contribution in [0, 0.1) is 17.3 Å². The molecule has 0 amide bonds. The zero-order valence-corrected chi connectivity index (χ0v) is 41.4. The molecule has 0 spiro atoms. The lowest BCUT2D eigenvalue weighted by Gasteiger charge is -2.42. The molecule has 1 aromatic rings. The molecule has 59 heavy (non-hydrogen) atoms. The zero-order valence-electron chi connectivity index (χ0n) is 35.1. The van der Waals surface area contributed by atoms with Gasteiger partial charge in [-0.2, -0.15) is 0 Å². The Morgan fingerprint density at radius 1 is 0.915 bits per heavy atom. The van der Waals surface area contributed by atoms with Gasteiger partial charge in [-0.3, -0.25) is 9.59 Å². The number of alkyl halides is 6. The second-order valence-electron chi connectivity index (χ2n) is 15.2. The second-order valence-corrected chi connectivity index (χ2v) is 25.9. The van der Waals surface area contributed by atoms with Crippen molar-refractivity contribution in [3.05, 3.63) is 33.3 Å². The number of carbonyl (C=O) groups is 4. The predicted molar refractivity (Wildman–Crippen MR) is 238 cm³/mol. The van der Waals surface area contributed by atoms with Crippen LogP contribution in [0.5, 0.6) is 0 Å². The van der Waals surface area contributed by atoms with Gasteiger partial charge in [-0.25, -0.2) is 14.6 Å². The van der Waals surface area contributed by atoms with Gasteiger partial charge in [0.05, 0.1) is 30.2 Å². The molecule has 0 aromatic carbocycles. The van der Waals surface area contributed by atoms with Crippen LogP contribution in [0.2, 0.25) is 18.1 Å². The van der Waals surface area contributed by atoms with Crippen molar-refractivity contribution in [2.75, 3.05) is 13.2 Å². The number of aliphatic hydroxyl groups is 1. The van der Waals surface area contributed by atoms with Crippen molar-refractivity contribution in [1.82, 2.24) is 4.98 Å². The van der Waals surface area contributed by atoms with Crippen molar-refractivity contribution in [3.8, 4) is 0 Å². The van der Waals surface area contributed by atoms with E-state index in [1.165, 1.54) is 11.3 Å². The fourth-order valence-electron chi connectivity index (χ4n) is 6.35. The Morgan fingerprint density at radius 2 is 1.47 bits per heavy atom. The van der Waals surface area contributed by atoms with E-state index in [1.807, 2.05) is 40.7 Å². The molecule has 0 unspecified atom stereocenters. The number of rotatable bonds is 25. The van der Waals surface area contributed by atoms with Crippen molar-refractivity contribution in [1.29, 1.82) is 0 Å². The van der Waals surface area contributed by atoms with E-state index in [-0.39, 0.29) is 24.7 Å². The summed E-state index contributed by atoms with van der Waals surface area (Å²) in [5.41, 5.74) is 1.04. The van der Waals surface area contributed by atoms with E-state index in [1.54, 1.807) is 39.2 Å². The third kappa shape index (κ3) is 21.1. The highest BCUT2D eigenvalue weighted by Gasteiger charge is 2.47. The molecule has 0 radical (unpaired) electrons. The maximum atomic E-state index is 14.4. The number of carboxylic acid groups (broad SMARTS) is 1. The molecule has 0 aliphatic carbocycles. The van der Waals surface area contributed by atoms with Crippen LogP contribution in [0.3, 0.4) is 0 Å². The Hall–Kier alpha value is -1.33. The zero-order chi connectivity index (χ0) is 45.4. The third-order valence-electron chi connectivity index (χ3n) is 10.2. The van der Waals surface area contributed by atoms with E-state index in [0.717, 1.165) is 23.7 Å². The fourth-order valence-corrected chi connectivity index (χ4v) is 10.3. The summed E-state index contributed by atoms with van der Waals surface area (Å²) in [7, 11) is -2.33. The third-order valence-corrected chi connectivity index (χ3v) is 16.4. The molecule has 0 saturated carbocycles. The molecule has 5 atom stereocenters. The van der Waals surface area contributed by atoms with Crippen LogP contribution in [-0.2, 0) is 39.6 Å². The lowest BCUT2D eigenvalue weighted by molar-refractivity contribution is -0.147. The van der Waals surface area contributed by atoms with Crippen LogP contribution in [0.4, 0.5) is 9.59 Å². The molecule has 2 N–H and O–H groups in total. The Labute approximate surface area is 383 Å². The molecule has 0 aliphatic heterocycles. The number of Topliss-reactive ketones (excluding diaryl/α,β-unsaturated/α-hetero) is 1. The average molecular weight is 991 g/mol. The van der Waals surface area contributed by atoms with Crippen LogP contribution >= 0.6 is 80.9 Å². The van der Waals surface area contributed by atoms with Gasteiger partial charge < -0.3 is 33.6 Å². The largest absolute Gasteiger partial charge is 0.508 e. The number of hydrogen-bond acceptors (Lipinski definition) is 12. The minimum atomic E-state index is -2.33. The van der Waals surface area contributed by atoms with E-state index in [4.69, 9.17) is 93.0 Å². The first-order valence-electron chi connectivity index (χ1n) is 19.4. The first-order chi connectivity index (χ1) is 27.2. The van der Waals surface area contributed by atoms with E-state index >= 15 is 0 Å². The van der Waals surface area contributed by atoms with Gasteiger partial charge in [-0.15, -0.1) is 11.3 Å². The number of carbonyl (C=O) groups excluding carboxylic acids is 3. The predicted octanol–water partition coefficient (Wildman–Crippen LogP) is 12.1. The highest BCUT2D eigenvalue weighted by Crippen LogP contribution is 2.38. The molecule has 0 saturated heterocycles. The summed E-state index contributed by atoms with van der Waals surface area (Å²) in [5.74, 6) is -2.61. The van der Waals surface area contributed by atoms with Crippen LogP contribution < -0.4 is 0 Å². The van der Waals surface area contributed by atoms with Crippen LogP contribution in [0.15, 0.2) is 22.6 Å². The first-order valence-corrected chi connectivity index (χ1v) is 25.0. The molecular weight excluding hydrogens is 931 g/mol. The molecule has 1 heterocycles. The first kappa shape index (κ1) is 55.7. The molecule has 1 rings (SSSR count). The number of nitrogens with zero attached hydrogens (tertiary/aromatic N) is 1. The fraction of sp³-hybridized carbons (Fsp3) is 0.718. The van der Waals surface area contributed by atoms with Gasteiger partial charge in [0, 0.05) is 10.8 Å². The Kier molecular flexibility index (Phi) is 24.3. The second kappa shape index (κ2) is 25.7. The minimum absolute atomic E-state index is 0.137. The number of allylic oxidation sites excluding steroid dienone is 1. The SMILES string of the molecule is CC[Si](CC)(CC)O[C@@H](CC(=O)O)C(C)(C)C(=O)[C@H](C)[C@@H](OC(=O)OCC(Cl)(Cl)Cl)[C@@H](C)CCCC(C)=CC[C@H](O)C(C)=Cc1csc(COC(=O)OCC(Cl)(Cl)Cl)n1. The maximum absolute atomic E-state index is 14.4. The number of thiazole rings is 1. The highest BCUT2D eigenvalue weighted by molar-refractivity contribution is 7.09. The van der Waals surface area contributed by atoms with Gasteiger partial charge in [0.15, 0.2) is 8.32 Å². The van der Waals surface area contributed by atoms with Crippen molar-refractivity contribution >= 4 is 119 Å². The van der Waals surface area contributed by atoms with Crippen molar-refractivity contribution < 1.29 is 52.8 Å². The van der Waals surface area contributed by atoms with Crippen molar-refractivity contribution in [2.45, 2.75) is 145 Å². The average Bonchev–Trinajstić information content (AvgIpc) is 3.60. The van der Waals surface area contributed by atoms with Gasteiger partial charge in [-0.1, -0.05) is 130 Å². The number of aliphatic hydroxyl groups excluding tert-OH is 1. The van der Waals surface area contributed by atoms with Gasteiger partial charge in [-0.05, 0) is 75.2 Å². The van der Waals surface area contributed by atoms with E-state index in [9.17, 15) is 29.4 Å². The van der Waals surface area contributed by atoms with Gasteiger partial charge in [0.1, 0.15) is 36.7 Å². The Bertz CT molecular complexity index is 1570. The summed E-state index contributed by atoms with van der Waals surface area (Å²) in [6.07, 6.45) is 0.786. The van der Waals surface area contributed by atoms with Crippen LogP contribution in [0.25, 0.3) is 6.08 Å². The molecule has 0 aliphatic rings. The number of carboxylic acids is 1. The highest BCUT2D eigenvalue weighted by atomic mass is 35.6. The molecule has 338 valence electrons. The van der Waals surface area contributed by atoms with Gasteiger partial charge in [0.2, 0.25) is 7.59 Å². The van der Waals surface area contributed by atoms with Crippen LogP contribution in [-0.4, -0.2) is 86.7 Å². The molecule has 20 heteroatoms. The summed E-state index contributed by atoms with van der Waals surface area (Å²) >= 11 is 35.3. The number of hydrogen-bond donors (Lipinski definition) is 2. The summed E-state index contributed by atoms with van der Waals surface area (Å²) in [4.78, 5) is 55.4. The monoisotopic (exact) mass is 987 g/mol. The molecular formula is C39H59Cl6NO11SSi. The van der Waals surface area contributed by atoms with Gasteiger partial charge in [0.25, 0.3) is 0 Å². The van der Waals surface area contributed by atoms with E-state index in [0.29, 0.717) is 42.0 Å². The summed E-state index contributed by atoms with van der Waals surface area (Å²) in [5, 5.41) is 23.0. The van der Waals surface area contributed by atoms with Crippen molar-refractivity contribution in [3.63, 3.8) is 0 Å². The quantitative estimate of drug-likeness (QED) is 0.0412. The van der Waals surface area contributed by atoms with Crippen molar-refractivity contribution in [2.24, 2.45) is 17.3 Å². The van der Waals surface area contributed by atoms with E-state index in [2.05, 4.69) is 4.98 Å².